The van der Waals surface area contributed by atoms with Crippen molar-refractivity contribution in [3.8, 4) is 5.75 Å². The largest absolute Gasteiger partial charge is 0.493 e. The van der Waals surface area contributed by atoms with Crippen molar-refractivity contribution < 1.29 is 17.9 Å². The molecule has 1 saturated carbocycles. The molecule has 0 aromatic heterocycles. The number of rotatable bonds is 6. The molecule has 2 aliphatic rings. The minimum Gasteiger partial charge on any atom is -0.493 e. The summed E-state index contributed by atoms with van der Waals surface area (Å²) in [5.74, 6) is 0.922. The molecule has 7 heteroatoms. The second-order valence-corrected chi connectivity index (χ2v) is 10.5. The third-order valence-electron chi connectivity index (χ3n) is 6.39. The van der Waals surface area contributed by atoms with Gasteiger partial charge in [0.1, 0.15) is 5.75 Å². The first-order chi connectivity index (χ1) is 14.9. The Morgan fingerprint density at radius 2 is 1.77 bits per heavy atom. The number of ether oxygens (including phenoxy) is 1. The van der Waals surface area contributed by atoms with Crippen LogP contribution >= 0.6 is 0 Å². The van der Waals surface area contributed by atoms with E-state index < -0.39 is 10.0 Å². The van der Waals surface area contributed by atoms with Crippen LogP contribution in [0.4, 0.5) is 0 Å². The van der Waals surface area contributed by atoms with E-state index in [0.29, 0.717) is 18.7 Å². The van der Waals surface area contributed by atoms with Crippen molar-refractivity contribution in [2.75, 3.05) is 20.2 Å². The predicted molar refractivity (Wildman–Crippen MR) is 120 cm³/mol. The molecule has 1 aliphatic carbocycles. The zero-order chi connectivity index (χ0) is 21.8. The number of nitrogens with zero attached hydrogens (tertiary/aromatic N) is 1. The van der Waals surface area contributed by atoms with Crippen LogP contribution in [0.5, 0.6) is 5.75 Å². The fourth-order valence-corrected chi connectivity index (χ4v) is 5.86. The summed E-state index contributed by atoms with van der Waals surface area (Å²) in [4.78, 5) is 12.8. The lowest BCUT2D eigenvalue weighted by atomic mass is 9.96. The minimum absolute atomic E-state index is 0.0598. The average molecular weight is 443 g/mol. The molecule has 1 N–H and O–H groups in total. The summed E-state index contributed by atoms with van der Waals surface area (Å²) < 4.78 is 33.2. The Morgan fingerprint density at radius 1 is 1.06 bits per heavy atom. The Balaban J connectivity index is 1.35. The number of fused-ring (bicyclic) bond motifs is 1. The van der Waals surface area contributed by atoms with Gasteiger partial charge >= 0.3 is 0 Å². The van der Waals surface area contributed by atoms with Crippen LogP contribution in [0.3, 0.4) is 0 Å². The summed E-state index contributed by atoms with van der Waals surface area (Å²) >= 11 is 0. The van der Waals surface area contributed by atoms with Gasteiger partial charge in [-0.05, 0) is 55.2 Å². The van der Waals surface area contributed by atoms with Gasteiger partial charge in [0.15, 0.2) is 0 Å². The maximum atomic E-state index is 13.0. The Kier molecular flexibility index (Phi) is 6.62. The smallest absolute Gasteiger partial charge is 0.251 e. The number of hydrogen-bond acceptors (Lipinski definition) is 4. The van der Waals surface area contributed by atoms with Crippen molar-refractivity contribution in [2.45, 2.75) is 49.5 Å². The number of para-hydroxylation sites is 1. The number of hydrogen-bond donors (Lipinski definition) is 1. The van der Waals surface area contributed by atoms with Crippen molar-refractivity contribution in [1.29, 1.82) is 0 Å². The van der Waals surface area contributed by atoms with Crippen molar-refractivity contribution in [3.63, 3.8) is 0 Å². The molecular weight excluding hydrogens is 412 g/mol. The number of carbonyl (C=O) groups is 1. The molecule has 31 heavy (non-hydrogen) atoms. The summed E-state index contributed by atoms with van der Waals surface area (Å²) in [5, 5.41) is 2.95. The molecule has 2 aromatic carbocycles. The van der Waals surface area contributed by atoms with E-state index in [1.807, 2.05) is 24.3 Å². The Labute approximate surface area is 184 Å². The maximum absolute atomic E-state index is 13.0. The van der Waals surface area contributed by atoms with Gasteiger partial charge in [-0.15, -0.1) is 0 Å². The van der Waals surface area contributed by atoms with E-state index in [1.54, 1.807) is 19.2 Å². The highest BCUT2D eigenvalue weighted by atomic mass is 32.2. The molecule has 0 bridgehead atoms. The van der Waals surface area contributed by atoms with E-state index in [1.165, 1.54) is 22.9 Å². The number of nitrogens with one attached hydrogen (secondary N) is 1. The first-order valence-corrected chi connectivity index (χ1v) is 12.5. The van der Waals surface area contributed by atoms with E-state index in [-0.39, 0.29) is 22.8 Å². The van der Waals surface area contributed by atoms with Gasteiger partial charge in [-0.2, -0.15) is 4.31 Å². The van der Waals surface area contributed by atoms with E-state index in [2.05, 4.69) is 5.32 Å². The lowest BCUT2D eigenvalue weighted by molar-refractivity contribution is 0.0939. The lowest BCUT2D eigenvalue weighted by Gasteiger charge is -2.30. The maximum Gasteiger partial charge on any atom is 0.251 e. The molecular formula is C24H30N2O4S. The van der Waals surface area contributed by atoms with E-state index in [0.717, 1.165) is 43.4 Å². The normalized spacial score (nSPS) is 19.5. The van der Waals surface area contributed by atoms with Gasteiger partial charge < -0.3 is 10.1 Å². The summed E-state index contributed by atoms with van der Waals surface area (Å²) in [6.45, 7) is 1.08. The quantitative estimate of drug-likeness (QED) is 0.741. The van der Waals surface area contributed by atoms with Crippen molar-refractivity contribution in [1.82, 2.24) is 9.62 Å². The van der Waals surface area contributed by atoms with Crippen molar-refractivity contribution >= 4 is 15.9 Å². The van der Waals surface area contributed by atoms with Gasteiger partial charge in [-0.3, -0.25) is 4.79 Å². The van der Waals surface area contributed by atoms with Crippen LogP contribution in [0, 0.1) is 5.92 Å². The van der Waals surface area contributed by atoms with E-state index in [9.17, 15) is 13.2 Å². The average Bonchev–Trinajstić information content (AvgIpc) is 2.82. The summed E-state index contributed by atoms with van der Waals surface area (Å²) in [7, 11) is -1.89. The molecule has 0 radical (unpaired) electrons. The molecule has 0 saturated heterocycles. The van der Waals surface area contributed by atoms with Crippen LogP contribution in [-0.2, 0) is 16.4 Å². The van der Waals surface area contributed by atoms with Crippen LogP contribution in [0.1, 0.15) is 48.0 Å². The summed E-state index contributed by atoms with van der Waals surface area (Å²) in [6, 6.07) is 14.3. The Hall–Kier alpha value is -2.38. The number of amides is 1. The monoisotopic (exact) mass is 442 g/mol. The standard InChI is InChI=1S/C24H30N2O4S/c1-26(21-8-3-2-4-9-21)31(28,29)22-13-11-19(12-14-22)24(27)25-16-18-15-20-7-5-6-10-23(20)30-17-18/h5-7,10-14,18,21H,2-4,8-9,15-17H2,1H3,(H,25,27). The highest BCUT2D eigenvalue weighted by Gasteiger charge is 2.29. The van der Waals surface area contributed by atoms with Crippen LogP contribution in [-0.4, -0.2) is 44.9 Å². The van der Waals surface area contributed by atoms with Gasteiger partial charge in [0.25, 0.3) is 5.91 Å². The topological polar surface area (TPSA) is 75.7 Å². The van der Waals surface area contributed by atoms with Crippen LogP contribution in [0.2, 0.25) is 0 Å². The number of carbonyl (C=O) groups excluding carboxylic acids is 1. The molecule has 0 spiro atoms. The molecule has 1 unspecified atom stereocenters. The summed E-state index contributed by atoms with van der Waals surface area (Å²) in [5.41, 5.74) is 1.61. The van der Waals surface area contributed by atoms with Gasteiger partial charge in [-0.25, -0.2) is 8.42 Å². The minimum atomic E-state index is -3.55. The Morgan fingerprint density at radius 3 is 2.52 bits per heavy atom. The zero-order valence-electron chi connectivity index (χ0n) is 17.9. The highest BCUT2D eigenvalue weighted by Crippen LogP contribution is 2.27. The second-order valence-electron chi connectivity index (χ2n) is 8.54. The fourth-order valence-electron chi connectivity index (χ4n) is 4.45. The molecule has 1 fully saturated rings. The Bertz CT molecular complexity index is 1010. The zero-order valence-corrected chi connectivity index (χ0v) is 18.7. The molecule has 6 nitrogen and oxygen atoms in total. The van der Waals surface area contributed by atoms with Crippen LogP contribution in [0.25, 0.3) is 0 Å². The molecule has 1 amide bonds. The van der Waals surface area contributed by atoms with Gasteiger partial charge in [0.2, 0.25) is 10.0 Å². The van der Waals surface area contributed by atoms with Gasteiger partial charge in [-0.1, -0.05) is 37.5 Å². The second kappa shape index (κ2) is 9.40. The van der Waals surface area contributed by atoms with Crippen molar-refractivity contribution in [3.05, 3.63) is 59.7 Å². The SMILES string of the molecule is CN(C1CCCCC1)S(=O)(=O)c1ccc(C(=O)NCC2COc3ccccc3C2)cc1. The molecule has 1 atom stereocenters. The first kappa shape index (κ1) is 21.8. The van der Waals surface area contributed by atoms with Gasteiger partial charge in [0, 0.05) is 31.1 Å². The van der Waals surface area contributed by atoms with Gasteiger partial charge in [0.05, 0.1) is 11.5 Å². The highest BCUT2D eigenvalue weighted by molar-refractivity contribution is 7.89. The molecule has 1 heterocycles. The lowest BCUT2D eigenvalue weighted by Crippen LogP contribution is -2.38. The van der Waals surface area contributed by atoms with Crippen molar-refractivity contribution in [2.24, 2.45) is 5.92 Å². The number of benzene rings is 2. The third kappa shape index (κ3) is 4.93. The fraction of sp³-hybridized carbons (Fsp3) is 0.458. The molecule has 2 aromatic rings. The molecule has 4 rings (SSSR count). The molecule has 1 aliphatic heterocycles. The van der Waals surface area contributed by atoms with E-state index >= 15 is 0 Å². The third-order valence-corrected chi connectivity index (χ3v) is 8.31. The molecule has 166 valence electrons. The van der Waals surface area contributed by atoms with Crippen LogP contribution < -0.4 is 10.1 Å². The summed E-state index contributed by atoms with van der Waals surface area (Å²) in [6.07, 6.45) is 5.99. The van der Waals surface area contributed by atoms with E-state index in [4.69, 9.17) is 4.74 Å². The predicted octanol–water partition coefficient (Wildman–Crippen LogP) is 3.62. The first-order valence-electron chi connectivity index (χ1n) is 11.0. The number of sulfonamides is 1. The van der Waals surface area contributed by atoms with Crippen LogP contribution in [0.15, 0.2) is 53.4 Å².